The summed E-state index contributed by atoms with van der Waals surface area (Å²) < 4.78 is 36.5. The van der Waals surface area contributed by atoms with Crippen molar-refractivity contribution in [1.29, 1.82) is 0 Å². The van der Waals surface area contributed by atoms with E-state index in [9.17, 15) is 13.2 Å². The van der Waals surface area contributed by atoms with Crippen molar-refractivity contribution in [1.82, 2.24) is 5.32 Å². The molecule has 1 atom stereocenters. The molecule has 0 fully saturated rings. The minimum atomic E-state index is -3.66. The molecule has 0 heterocycles. The largest absolute Gasteiger partial charge is 0.497 e. The number of anilines is 1. The lowest BCUT2D eigenvalue weighted by Crippen LogP contribution is -2.41. The summed E-state index contributed by atoms with van der Waals surface area (Å²) in [5, 5.41) is 2.85. The molecule has 0 spiro atoms. The molecular weight excluding hydrogens is 416 g/mol. The molecule has 0 saturated heterocycles. The Labute approximate surface area is 185 Å². The Kier molecular flexibility index (Phi) is 7.59. The number of ether oxygens (including phenoxy) is 2. The molecule has 0 aliphatic heterocycles. The van der Waals surface area contributed by atoms with Crippen LogP contribution in [-0.4, -0.2) is 41.3 Å². The van der Waals surface area contributed by atoms with Gasteiger partial charge in [0.25, 0.3) is 0 Å². The maximum absolute atomic E-state index is 12.7. The van der Waals surface area contributed by atoms with Gasteiger partial charge in [-0.05, 0) is 48.2 Å². The number of rotatable bonds is 8. The van der Waals surface area contributed by atoms with Crippen molar-refractivity contribution in [2.75, 3.05) is 31.3 Å². The first-order valence-electron chi connectivity index (χ1n) is 9.96. The van der Waals surface area contributed by atoms with Gasteiger partial charge in [-0.2, -0.15) is 0 Å². The van der Waals surface area contributed by atoms with Gasteiger partial charge in [0.1, 0.15) is 18.0 Å². The molecule has 170 valence electrons. The summed E-state index contributed by atoms with van der Waals surface area (Å²) in [5.41, 5.74) is 2.19. The maximum Gasteiger partial charge on any atom is 0.241 e. The van der Waals surface area contributed by atoms with E-state index in [-0.39, 0.29) is 12.0 Å². The lowest BCUT2D eigenvalue weighted by Gasteiger charge is -2.25. The second-order valence-electron chi connectivity index (χ2n) is 8.46. The van der Waals surface area contributed by atoms with Crippen LogP contribution in [0.1, 0.15) is 44.9 Å². The highest BCUT2D eigenvalue weighted by Crippen LogP contribution is 2.29. The second-order valence-corrected chi connectivity index (χ2v) is 10.4. The van der Waals surface area contributed by atoms with Crippen LogP contribution in [0.3, 0.4) is 0 Å². The Morgan fingerprint density at radius 3 is 2.16 bits per heavy atom. The molecule has 0 unspecified atom stereocenters. The van der Waals surface area contributed by atoms with Gasteiger partial charge in [0.05, 0.1) is 32.2 Å². The van der Waals surface area contributed by atoms with Crippen molar-refractivity contribution in [3.8, 4) is 11.5 Å². The van der Waals surface area contributed by atoms with Crippen molar-refractivity contribution >= 4 is 21.6 Å². The zero-order chi connectivity index (χ0) is 23.4. The van der Waals surface area contributed by atoms with Crippen molar-refractivity contribution in [3.63, 3.8) is 0 Å². The van der Waals surface area contributed by atoms with Crippen LogP contribution in [0.25, 0.3) is 0 Å². The number of sulfonamides is 1. The van der Waals surface area contributed by atoms with Gasteiger partial charge < -0.3 is 14.8 Å². The first-order chi connectivity index (χ1) is 14.4. The monoisotopic (exact) mass is 448 g/mol. The summed E-state index contributed by atoms with van der Waals surface area (Å²) in [5.74, 6) is 0.808. The number of carbonyl (C=O) groups excluding carboxylic acids is 1. The number of carbonyl (C=O) groups is 1. The molecule has 0 bridgehead atoms. The fraction of sp³-hybridized carbons (Fsp3) is 0.435. The first kappa shape index (κ1) is 24.5. The highest BCUT2D eigenvalue weighted by Gasteiger charge is 2.23. The van der Waals surface area contributed by atoms with Crippen LogP contribution < -0.4 is 19.1 Å². The fourth-order valence-corrected chi connectivity index (χ4v) is 4.06. The van der Waals surface area contributed by atoms with Crippen LogP contribution in [0.4, 0.5) is 5.69 Å². The number of nitrogens with zero attached hydrogens (tertiary/aromatic N) is 1. The van der Waals surface area contributed by atoms with Crippen LogP contribution in [0, 0.1) is 0 Å². The number of hydrogen-bond donors (Lipinski definition) is 1. The summed E-state index contributed by atoms with van der Waals surface area (Å²) >= 11 is 0. The van der Waals surface area contributed by atoms with E-state index in [1.807, 2.05) is 12.1 Å². The molecule has 1 N–H and O–H groups in total. The Morgan fingerprint density at radius 2 is 1.68 bits per heavy atom. The minimum absolute atomic E-state index is 0.0585. The third kappa shape index (κ3) is 6.37. The van der Waals surface area contributed by atoms with Crippen molar-refractivity contribution in [2.24, 2.45) is 0 Å². The number of methoxy groups -OCH3 is 2. The van der Waals surface area contributed by atoms with Crippen LogP contribution in [0.5, 0.6) is 11.5 Å². The normalized spacial score (nSPS) is 12.7. The molecule has 31 heavy (non-hydrogen) atoms. The summed E-state index contributed by atoms with van der Waals surface area (Å²) in [4.78, 5) is 12.7. The van der Waals surface area contributed by atoms with Gasteiger partial charge in [-0.3, -0.25) is 9.10 Å². The molecule has 8 heteroatoms. The van der Waals surface area contributed by atoms with E-state index in [0.717, 1.165) is 21.7 Å². The van der Waals surface area contributed by atoms with E-state index in [4.69, 9.17) is 9.47 Å². The zero-order valence-corrected chi connectivity index (χ0v) is 20.0. The third-order valence-electron chi connectivity index (χ3n) is 4.99. The van der Waals surface area contributed by atoms with E-state index in [1.54, 1.807) is 51.5 Å². The Bertz CT molecular complexity index is 1010. The summed E-state index contributed by atoms with van der Waals surface area (Å²) in [6, 6.07) is 12.1. The lowest BCUT2D eigenvalue weighted by atomic mass is 9.87. The predicted molar refractivity (Wildman–Crippen MR) is 123 cm³/mol. The molecule has 0 aliphatic rings. The van der Waals surface area contributed by atoms with Crippen molar-refractivity contribution in [3.05, 3.63) is 53.6 Å². The molecule has 0 radical (unpaired) electrons. The SMILES string of the molecule is COc1ccc(OC)c([C@H](C)NC(=O)CN(c2ccc(C(C)(C)C)cc2)S(C)(=O)=O)c1. The standard InChI is InChI=1S/C23H32N2O5S/c1-16(20-14-19(29-5)12-13-21(20)30-6)24-22(26)15-25(31(7,27)28)18-10-8-17(9-11-18)23(2,3)4/h8-14,16H,15H2,1-7H3,(H,24,26)/t16-/m0/s1. The highest BCUT2D eigenvalue weighted by atomic mass is 32.2. The Balaban J connectivity index is 2.22. The van der Waals surface area contributed by atoms with Crippen LogP contribution in [0.2, 0.25) is 0 Å². The molecule has 0 aromatic heterocycles. The Morgan fingerprint density at radius 1 is 1.06 bits per heavy atom. The average Bonchev–Trinajstić information content (AvgIpc) is 2.70. The average molecular weight is 449 g/mol. The molecule has 1 amide bonds. The van der Waals surface area contributed by atoms with Gasteiger partial charge in [0.15, 0.2) is 0 Å². The smallest absolute Gasteiger partial charge is 0.241 e. The predicted octanol–water partition coefficient (Wildman–Crippen LogP) is 3.64. The van der Waals surface area contributed by atoms with Gasteiger partial charge in [-0.25, -0.2) is 8.42 Å². The molecule has 2 rings (SSSR count). The van der Waals surface area contributed by atoms with E-state index in [0.29, 0.717) is 17.2 Å². The van der Waals surface area contributed by atoms with Crippen LogP contribution >= 0.6 is 0 Å². The number of benzene rings is 2. The third-order valence-corrected chi connectivity index (χ3v) is 6.13. The minimum Gasteiger partial charge on any atom is -0.497 e. The number of nitrogens with one attached hydrogen (secondary N) is 1. The second kappa shape index (κ2) is 9.60. The van der Waals surface area contributed by atoms with E-state index < -0.39 is 22.0 Å². The van der Waals surface area contributed by atoms with Gasteiger partial charge in [-0.15, -0.1) is 0 Å². The molecule has 0 saturated carbocycles. The number of hydrogen-bond acceptors (Lipinski definition) is 5. The lowest BCUT2D eigenvalue weighted by molar-refractivity contribution is -0.120. The molecule has 0 aliphatic carbocycles. The first-order valence-corrected chi connectivity index (χ1v) is 11.8. The number of amides is 1. The summed E-state index contributed by atoms with van der Waals surface area (Å²) in [6.07, 6.45) is 1.09. The summed E-state index contributed by atoms with van der Waals surface area (Å²) in [7, 11) is -0.550. The summed E-state index contributed by atoms with van der Waals surface area (Å²) in [6.45, 7) is 7.72. The maximum atomic E-state index is 12.7. The van der Waals surface area contributed by atoms with Gasteiger partial charge in [0.2, 0.25) is 15.9 Å². The topological polar surface area (TPSA) is 84.9 Å². The fourth-order valence-electron chi connectivity index (χ4n) is 3.20. The quantitative estimate of drug-likeness (QED) is 0.666. The zero-order valence-electron chi connectivity index (χ0n) is 19.2. The van der Waals surface area contributed by atoms with Gasteiger partial charge in [0, 0.05) is 5.56 Å². The van der Waals surface area contributed by atoms with Crippen LogP contribution in [0.15, 0.2) is 42.5 Å². The van der Waals surface area contributed by atoms with Crippen molar-refractivity contribution < 1.29 is 22.7 Å². The Hall–Kier alpha value is -2.74. The van der Waals surface area contributed by atoms with Crippen molar-refractivity contribution in [2.45, 2.75) is 39.2 Å². The molecular formula is C23H32N2O5S. The molecule has 2 aromatic rings. The van der Waals surface area contributed by atoms with Gasteiger partial charge in [-0.1, -0.05) is 32.9 Å². The molecule has 7 nitrogen and oxygen atoms in total. The van der Waals surface area contributed by atoms with Crippen LogP contribution in [-0.2, 0) is 20.2 Å². The molecule has 2 aromatic carbocycles. The van der Waals surface area contributed by atoms with E-state index >= 15 is 0 Å². The van der Waals surface area contributed by atoms with Gasteiger partial charge >= 0.3 is 0 Å². The van der Waals surface area contributed by atoms with E-state index in [2.05, 4.69) is 26.1 Å². The van der Waals surface area contributed by atoms with E-state index in [1.165, 1.54) is 0 Å². The highest BCUT2D eigenvalue weighted by molar-refractivity contribution is 7.92.